The van der Waals surface area contributed by atoms with Gasteiger partial charge in [0, 0.05) is 18.5 Å². The average molecular weight is 251 g/mol. The number of rotatable bonds is 7. The van der Waals surface area contributed by atoms with E-state index in [0.717, 1.165) is 0 Å². The maximum Gasteiger partial charge on any atom is 0.303 e. The van der Waals surface area contributed by atoms with Crippen molar-refractivity contribution in [2.75, 3.05) is 6.54 Å². The Hall–Kier alpha value is -2.04. The van der Waals surface area contributed by atoms with Gasteiger partial charge in [-0.3, -0.25) is 9.59 Å². The number of phenolic OH excluding ortho intramolecular Hbond substituents is 1. The van der Waals surface area contributed by atoms with Crippen LogP contribution in [-0.4, -0.2) is 28.6 Å². The number of aromatic hydroxyl groups is 1. The van der Waals surface area contributed by atoms with Gasteiger partial charge < -0.3 is 15.5 Å². The topological polar surface area (TPSA) is 86.6 Å². The summed E-state index contributed by atoms with van der Waals surface area (Å²) in [4.78, 5) is 21.8. The predicted octanol–water partition coefficient (Wildman–Crippen LogP) is 1.31. The summed E-state index contributed by atoms with van der Waals surface area (Å²) in [6, 6.07) is 6.69. The van der Waals surface area contributed by atoms with Crippen LogP contribution in [0.3, 0.4) is 0 Å². The van der Waals surface area contributed by atoms with Crippen molar-refractivity contribution >= 4 is 11.9 Å². The molecular weight excluding hydrogens is 234 g/mol. The number of hydrogen-bond acceptors (Lipinski definition) is 3. The Kier molecular flexibility index (Phi) is 5.70. The molecule has 0 radical (unpaired) electrons. The Morgan fingerprint density at radius 1 is 1.17 bits per heavy atom. The number of benzene rings is 1. The van der Waals surface area contributed by atoms with E-state index in [1.165, 1.54) is 6.07 Å². The Morgan fingerprint density at radius 2 is 1.89 bits per heavy atom. The highest BCUT2D eigenvalue weighted by molar-refractivity contribution is 5.79. The van der Waals surface area contributed by atoms with Crippen molar-refractivity contribution in [1.29, 1.82) is 0 Å². The lowest BCUT2D eigenvalue weighted by Crippen LogP contribution is -2.26. The molecule has 0 unspecified atom stereocenters. The first-order chi connectivity index (χ1) is 8.59. The molecule has 5 nitrogen and oxygen atoms in total. The third-order valence-electron chi connectivity index (χ3n) is 2.48. The van der Waals surface area contributed by atoms with Gasteiger partial charge in [0.2, 0.25) is 5.91 Å². The molecule has 0 saturated carbocycles. The third-order valence-corrected chi connectivity index (χ3v) is 2.48. The molecule has 18 heavy (non-hydrogen) atoms. The predicted molar refractivity (Wildman–Crippen MR) is 66.3 cm³/mol. The Bertz CT molecular complexity index is 417. The lowest BCUT2D eigenvalue weighted by molar-refractivity contribution is -0.137. The summed E-state index contributed by atoms with van der Waals surface area (Å²) < 4.78 is 0. The van der Waals surface area contributed by atoms with Crippen molar-refractivity contribution in [2.45, 2.75) is 25.7 Å². The number of nitrogens with one attached hydrogen (secondary N) is 1. The summed E-state index contributed by atoms with van der Waals surface area (Å²) in [6.07, 6.45) is 1.44. The number of carbonyl (C=O) groups excluding carboxylic acids is 1. The highest BCUT2D eigenvalue weighted by Crippen LogP contribution is 2.15. The molecular formula is C13H17NO4. The molecule has 0 aliphatic rings. The van der Waals surface area contributed by atoms with E-state index in [0.29, 0.717) is 24.9 Å². The normalized spacial score (nSPS) is 10.0. The van der Waals surface area contributed by atoms with Crippen LogP contribution >= 0.6 is 0 Å². The second-order valence-corrected chi connectivity index (χ2v) is 4.01. The summed E-state index contributed by atoms with van der Waals surface area (Å²) in [6.45, 7) is 0.458. The first-order valence-electron chi connectivity index (χ1n) is 5.85. The Morgan fingerprint density at radius 3 is 2.56 bits per heavy atom. The Balaban J connectivity index is 2.22. The lowest BCUT2D eigenvalue weighted by Gasteiger charge is -2.06. The maximum atomic E-state index is 11.5. The van der Waals surface area contributed by atoms with Gasteiger partial charge in [0.25, 0.3) is 0 Å². The number of amides is 1. The minimum Gasteiger partial charge on any atom is -0.508 e. The van der Waals surface area contributed by atoms with Crippen LogP contribution in [0, 0.1) is 0 Å². The molecule has 0 atom stereocenters. The van der Waals surface area contributed by atoms with E-state index in [2.05, 4.69) is 5.32 Å². The summed E-state index contributed by atoms with van der Waals surface area (Å²) in [5.41, 5.74) is 0.584. The van der Waals surface area contributed by atoms with Crippen molar-refractivity contribution in [3.8, 4) is 5.75 Å². The van der Waals surface area contributed by atoms with Crippen LogP contribution in [0.25, 0.3) is 0 Å². The van der Waals surface area contributed by atoms with E-state index >= 15 is 0 Å². The smallest absolute Gasteiger partial charge is 0.303 e. The van der Waals surface area contributed by atoms with Crippen LogP contribution in [0.5, 0.6) is 5.75 Å². The van der Waals surface area contributed by atoms with E-state index < -0.39 is 5.97 Å². The molecule has 98 valence electrons. The fraction of sp³-hybridized carbons (Fsp3) is 0.385. The number of phenols is 1. The zero-order chi connectivity index (χ0) is 13.4. The average Bonchev–Trinajstić information content (AvgIpc) is 2.31. The lowest BCUT2D eigenvalue weighted by atomic mass is 10.1. The van der Waals surface area contributed by atoms with Crippen molar-refractivity contribution < 1.29 is 19.8 Å². The molecule has 0 bridgehead atoms. The number of carbonyl (C=O) groups is 2. The first-order valence-corrected chi connectivity index (χ1v) is 5.85. The van der Waals surface area contributed by atoms with Crippen LogP contribution in [0.2, 0.25) is 0 Å². The van der Waals surface area contributed by atoms with Crippen molar-refractivity contribution in [3.63, 3.8) is 0 Å². The Labute approximate surface area is 105 Å². The molecule has 1 aromatic rings. The third kappa shape index (κ3) is 5.34. The van der Waals surface area contributed by atoms with E-state index in [1.807, 2.05) is 0 Å². The van der Waals surface area contributed by atoms with Crippen molar-refractivity contribution in [2.24, 2.45) is 0 Å². The van der Waals surface area contributed by atoms with Gasteiger partial charge in [-0.15, -0.1) is 0 Å². The van der Waals surface area contributed by atoms with E-state index in [9.17, 15) is 14.7 Å². The molecule has 0 aromatic heterocycles. The summed E-state index contributed by atoms with van der Waals surface area (Å²) >= 11 is 0. The molecule has 1 rings (SSSR count). The van der Waals surface area contributed by atoms with Crippen LogP contribution < -0.4 is 5.32 Å². The fourth-order valence-electron chi connectivity index (χ4n) is 1.52. The number of carboxylic acid groups (broad SMARTS) is 1. The molecule has 3 N–H and O–H groups in total. The zero-order valence-corrected chi connectivity index (χ0v) is 10.1. The summed E-state index contributed by atoms with van der Waals surface area (Å²) in [5, 5.41) is 20.6. The molecule has 0 spiro atoms. The number of unbranched alkanes of at least 4 members (excludes halogenated alkanes) is 1. The minimum atomic E-state index is -0.824. The second-order valence-electron chi connectivity index (χ2n) is 4.01. The van der Waals surface area contributed by atoms with Gasteiger partial charge in [0.15, 0.2) is 0 Å². The molecule has 5 heteroatoms. The minimum absolute atomic E-state index is 0.110. The SMILES string of the molecule is O=C(O)CCCCNC(=O)Cc1ccccc1O. The molecule has 0 aliphatic carbocycles. The van der Waals surface area contributed by atoms with Gasteiger partial charge in [-0.05, 0) is 18.9 Å². The zero-order valence-electron chi connectivity index (χ0n) is 10.1. The first kappa shape index (κ1) is 14.0. The van der Waals surface area contributed by atoms with Gasteiger partial charge in [-0.1, -0.05) is 18.2 Å². The monoisotopic (exact) mass is 251 g/mol. The number of carboxylic acids is 1. The quantitative estimate of drug-likeness (QED) is 0.638. The van der Waals surface area contributed by atoms with Gasteiger partial charge in [0.1, 0.15) is 5.75 Å². The van der Waals surface area contributed by atoms with Gasteiger partial charge in [0.05, 0.1) is 6.42 Å². The molecule has 1 aromatic carbocycles. The maximum absolute atomic E-state index is 11.5. The highest BCUT2D eigenvalue weighted by atomic mass is 16.4. The highest BCUT2D eigenvalue weighted by Gasteiger charge is 2.06. The van der Waals surface area contributed by atoms with E-state index in [-0.39, 0.29) is 24.5 Å². The number of aliphatic carboxylic acids is 1. The molecule has 0 saturated heterocycles. The van der Waals surface area contributed by atoms with Crippen LogP contribution in [-0.2, 0) is 16.0 Å². The largest absolute Gasteiger partial charge is 0.508 e. The molecule has 0 aliphatic heterocycles. The molecule has 0 fully saturated rings. The van der Waals surface area contributed by atoms with Crippen molar-refractivity contribution in [3.05, 3.63) is 29.8 Å². The van der Waals surface area contributed by atoms with Gasteiger partial charge >= 0.3 is 5.97 Å². The van der Waals surface area contributed by atoms with Gasteiger partial charge in [-0.25, -0.2) is 0 Å². The number of para-hydroxylation sites is 1. The summed E-state index contributed by atoms with van der Waals surface area (Å²) in [5.74, 6) is -0.888. The molecule has 1 amide bonds. The van der Waals surface area contributed by atoms with Gasteiger partial charge in [-0.2, -0.15) is 0 Å². The second kappa shape index (κ2) is 7.32. The van der Waals surface area contributed by atoms with Crippen LogP contribution in [0.4, 0.5) is 0 Å². The van der Waals surface area contributed by atoms with Crippen LogP contribution in [0.15, 0.2) is 24.3 Å². The summed E-state index contributed by atoms with van der Waals surface area (Å²) in [7, 11) is 0. The number of hydrogen-bond donors (Lipinski definition) is 3. The fourth-order valence-corrected chi connectivity index (χ4v) is 1.52. The molecule has 0 heterocycles. The standard InChI is InChI=1S/C13H17NO4/c15-11-6-2-1-5-10(11)9-12(16)14-8-4-3-7-13(17)18/h1-2,5-6,15H,3-4,7-9H2,(H,14,16)(H,17,18). The van der Waals surface area contributed by atoms with Crippen molar-refractivity contribution in [1.82, 2.24) is 5.32 Å². The van der Waals surface area contributed by atoms with E-state index in [4.69, 9.17) is 5.11 Å². The van der Waals surface area contributed by atoms with E-state index in [1.54, 1.807) is 18.2 Å². The van der Waals surface area contributed by atoms with Crippen LogP contribution in [0.1, 0.15) is 24.8 Å².